The number of alkyl halides is 2. The van der Waals surface area contributed by atoms with Crippen molar-refractivity contribution < 1.29 is 23.0 Å². The van der Waals surface area contributed by atoms with Gasteiger partial charge < -0.3 is 20.1 Å². The average molecular weight is 328 g/mol. The first-order valence-corrected chi connectivity index (χ1v) is 7.72. The van der Waals surface area contributed by atoms with Gasteiger partial charge in [0, 0.05) is 12.5 Å². The number of nitrogens with one attached hydrogen (secondary N) is 2. The van der Waals surface area contributed by atoms with E-state index in [1.54, 1.807) is 0 Å². The Kier molecular flexibility index (Phi) is 6.58. The molecule has 0 radical (unpaired) electrons. The number of methoxy groups -OCH3 is 1. The zero-order valence-electron chi connectivity index (χ0n) is 13.1. The van der Waals surface area contributed by atoms with E-state index in [2.05, 4.69) is 15.4 Å². The Morgan fingerprint density at radius 2 is 2.13 bits per heavy atom. The fourth-order valence-corrected chi connectivity index (χ4v) is 2.65. The zero-order chi connectivity index (χ0) is 16.7. The van der Waals surface area contributed by atoms with Crippen LogP contribution >= 0.6 is 0 Å². The monoisotopic (exact) mass is 328 g/mol. The summed E-state index contributed by atoms with van der Waals surface area (Å²) in [6.45, 7) is -0.989. The highest BCUT2D eigenvalue weighted by molar-refractivity contribution is 5.92. The topological polar surface area (TPSA) is 59.6 Å². The van der Waals surface area contributed by atoms with E-state index in [4.69, 9.17) is 4.74 Å². The van der Waals surface area contributed by atoms with E-state index in [9.17, 15) is 13.6 Å². The standard InChI is InChI=1S/C16H22F2N2O3/c1-22-12-3-4-14(23-16(17)18)13(10-12)20-15(21)5-2-11-6-8-19-9-7-11/h3-4,10-11,16,19H,2,5-9H2,1H3,(H,20,21). The molecule has 5 nitrogen and oxygen atoms in total. The number of piperidine rings is 1. The summed E-state index contributed by atoms with van der Waals surface area (Å²) in [4.78, 5) is 12.1. The molecule has 0 saturated carbocycles. The molecule has 1 aliphatic rings. The van der Waals surface area contributed by atoms with Gasteiger partial charge in [-0.2, -0.15) is 8.78 Å². The lowest BCUT2D eigenvalue weighted by Crippen LogP contribution is -2.28. The lowest BCUT2D eigenvalue weighted by molar-refractivity contribution is -0.116. The number of carbonyl (C=O) groups excluding carboxylic acids is 1. The van der Waals surface area contributed by atoms with Gasteiger partial charge in [0.05, 0.1) is 12.8 Å². The zero-order valence-corrected chi connectivity index (χ0v) is 13.1. The van der Waals surface area contributed by atoms with Crippen LogP contribution < -0.4 is 20.1 Å². The Bertz CT molecular complexity index is 520. The third kappa shape index (κ3) is 5.67. The molecule has 0 bridgehead atoms. The van der Waals surface area contributed by atoms with Crippen molar-refractivity contribution in [2.45, 2.75) is 32.3 Å². The first-order chi connectivity index (χ1) is 11.1. The number of halogens is 2. The maximum absolute atomic E-state index is 12.4. The second-order valence-electron chi connectivity index (χ2n) is 5.52. The molecule has 1 aromatic carbocycles. The molecule has 0 spiro atoms. The summed E-state index contributed by atoms with van der Waals surface area (Å²) in [7, 11) is 1.46. The highest BCUT2D eigenvalue weighted by atomic mass is 19.3. The Morgan fingerprint density at radius 3 is 2.78 bits per heavy atom. The van der Waals surface area contributed by atoms with Crippen LogP contribution in [0.25, 0.3) is 0 Å². The van der Waals surface area contributed by atoms with Gasteiger partial charge in [-0.25, -0.2) is 0 Å². The van der Waals surface area contributed by atoms with Crippen LogP contribution in [-0.4, -0.2) is 32.7 Å². The van der Waals surface area contributed by atoms with Crippen molar-refractivity contribution in [2.24, 2.45) is 5.92 Å². The quantitative estimate of drug-likeness (QED) is 0.808. The Balaban J connectivity index is 1.94. The predicted molar refractivity (Wildman–Crippen MR) is 83.1 cm³/mol. The molecule has 0 atom stereocenters. The smallest absolute Gasteiger partial charge is 0.387 e. The Hall–Kier alpha value is -1.89. The number of amides is 1. The van der Waals surface area contributed by atoms with E-state index in [-0.39, 0.29) is 17.3 Å². The normalized spacial score (nSPS) is 15.5. The molecule has 2 rings (SSSR count). The summed E-state index contributed by atoms with van der Waals surface area (Å²) >= 11 is 0. The lowest BCUT2D eigenvalue weighted by atomic mass is 9.93. The minimum atomic E-state index is -2.95. The SMILES string of the molecule is COc1ccc(OC(F)F)c(NC(=O)CCC2CCNCC2)c1. The molecular weight excluding hydrogens is 306 g/mol. The number of benzene rings is 1. The minimum Gasteiger partial charge on any atom is -0.497 e. The third-order valence-corrected chi connectivity index (χ3v) is 3.92. The molecule has 0 aromatic heterocycles. The van der Waals surface area contributed by atoms with Crippen LogP contribution in [0.1, 0.15) is 25.7 Å². The minimum absolute atomic E-state index is 0.0731. The van der Waals surface area contributed by atoms with E-state index >= 15 is 0 Å². The number of anilines is 1. The first kappa shape index (κ1) is 17.5. The highest BCUT2D eigenvalue weighted by Gasteiger charge is 2.16. The van der Waals surface area contributed by atoms with Gasteiger partial charge in [0.25, 0.3) is 0 Å². The fourth-order valence-electron chi connectivity index (χ4n) is 2.65. The molecular formula is C16H22F2N2O3. The molecule has 2 N–H and O–H groups in total. The van der Waals surface area contributed by atoms with Crippen molar-refractivity contribution >= 4 is 11.6 Å². The highest BCUT2D eigenvalue weighted by Crippen LogP contribution is 2.31. The average Bonchev–Trinajstić information content (AvgIpc) is 2.55. The molecule has 1 fully saturated rings. The van der Waals surface area contributed by atoms with Crippen molar-refractivity contribution in [3.05, 3.63) is 18.2 Å². The van der Waals surface area contributed by atoms with Gasteiger partial charge in [-0.3, -0.25) is 4.79 Å². The summed E-state index contributed by atoms with van der Waals surface area (Å²) in [6, 6.07) is 4.33. The first-order valence-electron chi connectivity index (χ1n) is 7.72. The van der Waals surface area contributed by atoms with Crippen molar-refractivity contribution in [1.82, 2.24) is 5.32 Å². The number of hydrogen-bond donors (Lipinski definition) is 2. The molecule has 1 amide bonds. The summed E-state index contributed by atoms with van der Waals surface area (Å²) in [6.07, 6.45) is 3.27. The summed E-state index contributed by atoms with van der Waals surface area (Å²) in [5, 5.41) is 5.92. The van der Waals surface area contributed by atoms with Crippen molar-refractivity contribution in [3.63, 3.8) is 0 Å². The lowest BCUT2D eigenvalue weighted by Gasteiger charge is -2.22. The number of ether oxygens (including phenoxy) is 2. The largest absolute Gasteiger partial charge is 0.497 e. The van der Waals surface area contributed by atoms with Crippen LogP contribution in [0.2, 0.25) is 0 Å². The van der Waals surface area contributed by atoms with Gasteiger partial charge in [-0.1, -0.05) is 0 Å². The Labute approximate surface area is 134 Å². The van der Waals surface area contributed by atoms with Crippen molar-refractivity contribution in [1.29, 1.82) is 0 Å². The molecule has 1 saturated heterocycles. The van der Waals surface area contributed by atoms with Crippen LogP contribution in [0, 0.1) is 5.92 Å². The van der Waals surface area contributed by atoms with Crippen molar-refractivity contribution in [2.75, 3.05) is 25.5 Å². The van der Waals surface area contributed by atoms with Crippen LogP contribution in [0.3, 0.4) is 0 Å². The van der Waals surface area contributed by atoms with Crippen molar-refractivity contribution in [3.8, 4) is 11.5 Å². The van der Waals surface area contributed by atoms with Crippen LogP contribution in [0.4, 0.5) is 14.5 Å². The predicted octanol–water partition coefficient (Wildman–Crippen LogP) is 3.01. The van der Waals surface area contributed by atoms with Gasteiger partial charge in [0.1, 0.15) is 11.5 Å². The van der Waals surface area contributed by atoms with Gasteiger partial charge in [0.15, 0.2) is 0 Å². The summed E-state index contributed by atoms with van der Waals surface area (Å²) < 4.78 is 34.4. The van der Waals surface area contributed by atoms with Gasteiger partial charge in [-0.05, 0) is 50.4 Å². The van der Waals surface area contributed by atoms with Crippen LogP contribution in [-0.2, 0) is 4.79 Å². The molecule has 0 unspecified atom stereocenters. The van der Waals surface area contributed by atoms with Crippen LogP contribution in [0.15, 0.2) is 18.2 Å². The van der Waals surface area contributed by atoms with Crippen LogP contribution in [0.5, 0.6) is 11.5 Å². The summed E-state index contributed by atoms with van der Waals surface area (Å²) in [5.74, 6) is 0.705. The second-order valence-corrected chi connectivity index (χ2v) is 5.52. The van der Waals surface area contributed by atoms with Gasteiger partial charge in [-0.15, -0.1) is 0 Å². The van der Waals surface area contributed by atoms with E-state index in [0.29, 0.717) is 18.1 Å². The number of carbonyl (C=O) groups is 1. The number of hydrogen-bond acceptors (Lipinski definition) is 4. The molecule has 0 aliphatic carbocycles. The second kappa shape index (κ2) is 8.67. The van der Waals surface area contributed by atoms with Gasteiger partial charge >= 0.3 is 6.61 Å². The maximum atomic E-state index is 12.4. The molecule has 1 heterocycles. The molecule has 1 aliphatic heterocycles. The molecule has 23 heavy (non-hydrogen) atoms. The molecule has 1 aromatic rings. The summed E-state index contributed by atoms with van der Waals surface area (Å²) in [5.41, 5.74) is 0.194. The van der Waals surface area contributed by atoms with E-state index in [1.165, 1.54) is 25.3 Å². The Morgan fingerprint density at radius 1 is 1.39 bits per heavy atom. The molecule has 7 heteroatoms. The maximum Gasteiger partial charge on any atom is 0.387 e. The van der Waals surface area contributed by atoms with E-state index in [1.807, 2.05) is 0 Å². The van der Waals surface area contributed by atoms with E-state index < -0.39 is 6.61 Å². The number of rotatable bonds is 7. The third-order valence-electron chi connectivity index (χ3n) is 3.92. The van der Waals surface area contributed by atoms with E-state index in [0.717, 1.165) is 32.4 Å². The van der Waals surface area contributed by atoms with Gasteiger partial charge in [0.2, 0.25) is 5.91 Å². The fraction of sp³-hybridized carbons (Fsp3) is 0.562. The molecule has 128 valence electrons.